The predicted octanol–water partition coefficient (Wildman–Crippen LogP) is 3.52. The standard InChI is InChI=1S/C22H12N4O4S/c27-20-14(9-12-5-1-3-7-17(12)29-20)16-11-31-22-24-23-19(26(22)25-16)15-10-13-6-2-4-8-18(13)30-21(15)28/h1-10H,11H2. The van der Waals surface area contributed by atoms with Crippen molar-refractivity contribution in [2.45, 2.75) is 5.16 Å². The van der Waals surface area contributed by atoms with Crippen molar-refractivity contribution in [3.8, 4) is 11.4 Å². The summed E-state index contributed by atoms with van der Waals surface area (Å²) in [7, 11) is 0. The lowest BCUT2D eigenvalue weighted by atomic mass is 10.1. The van der Waals surface area contributed by atoms with Gasteiger partial charge < -0.3 is 8.83 Å². The van der Waals surface area contributed by atoms with Crippen molar-refractivity contribution in [2.75, 3.05) is 5.75 Å². The Balaban J connectivity index is 1.52. The van der Waals surface area contributed by atoms with E-state index in [0.29, 0.717) is 33.4 Å². The van der Waals surface area contributed by atoms with Gasteiger partial charge in [0.15, 0.2) is 5.82 Å². The van der Waals surface area contributed by atoms with Gasteiger partial charge in [0.25, 0.3) is 0 Å². The summed E-state index contributed by atoms with van der Waals surface area (Å²) in [5.74, 6) is 0.678. The zero-order chi connectivity index (χ0) is 20.9. The van der Waals surface area contributed by atoms with E-state index in [9.17, 15) is 9.59 Å². The molecule has 0 saturated heterocycles. The van der Waals surface area contributed by atoms with Crippen LogP contribution < -0.4 is 11.3 Å². The van der Waals surface area contributed by atoms with Gasteiger partial charge in [0.05, 0.1) is 11.3 Å². The molecule has 0 radical (unpaired) electrons. The Kier molecular flexibility index (Phi) is 3.90. The topological polar surface area (TPSA) is 103 Å². The third kappa shape index (κ3) is 2.89. The van der Waals surface area contributed by atoms with Gasteiger partial charge in [-0.05, 0) is 24.3 Å². The van der Waals surface area contributed by atoms with Crippen molar-refractivity contribution < 1.29 is 8.83 Å². The number of para-hydroxylation sites is 2. The fourth-order valence-corrected chi connectivity index (χ4v) is 4.34. The summed E-state index contributed by atoms with van der Waals surface area (Å²) in [4.78, 5) is 25.2. The summed E-state index contributed by atoms with van der Waals surface area (Å²) in [6.07, 6.45) is 0. The number of rotatable bonds is 2. The second-order valence-electron chi connectivity index (χ2n) is 6.92. The molecule has 0 atom stereocenters. The summed E-state index contributed by atoms with van der Waals surface area (Å²) in [6.45, 7) is 0. The molecule has 2 aromatic carbocycles. The molecule has 31 heavy (non-hydrogen) atoms. The molecular weight excluding hydrogens is 416 g/mol. The number of nitrogens with zero attached hydrogens (tertiary/aromatic N) is 4. The van der Waals surface area contributed by atoms with Gasteiger partial charge in [-0.3, -0.25) is 0 Å². The van der Waals surface area contributed by atoms with Crippen LogP contribution in [0.4, 0.5) is 0 Å². The first-order valence-electron chi connectivity index (χ1n) is 9.40. The van der Waals surface area contributed by atoms with Crippen LogP contribution in [-0.4, -0.2) is 26.3 Å². The Labute approximate surface area is 177 Å². The van der Waals surface area contributed by atoms with E-state index >= 15 is 0 Å². The van der Waals surface area contributed by atoms with E-state index in [4.69, 9.17) is 8.83 Å². The Morgan fingerprint density at radius 2 is 1.42 bits per heavy atom. The quantitative estimate of drug-likeness (QED) is 0.396. The van der Waals surface area contributed by atoms with E-state index in [-0.39, 0.29) is 11.4 Å². The minimum Gasteiger partial charge on any atom is -0.422 e. The average Bonchev–Trinajstić information content (AvgIpc) is 3.21. The molecule has 0 N–H and O–H groups in total. The van der Waals surface area contributed by atoms with Gasteiger partial charge in [-0.15, -0.1) is 10.2 Å². The molecule has 8 nitrogen and oxygen atoms in total. The van der Waals surface area contributed by atoms with Crippen molar-refractivity contribution in [3.05, 3.63) is 87.1 Å². The average molecular weight is 428 g/mol. The number of benzene rings is 2. The van der Waals surface area contributed by atoms with Gasteiger partial charge in [-0.25, -0.2) is 9.59 Å². The maximum absolute atomic E-state index is 12.6. The molecule has 4 heterocycles. The summed E-state index contributed by atoms with van der Waals surface area (Å²) < 4.78 is 12.3. The first-order chi connectivity index (χ1) is 15.2. The van der Waals surface area contributed by atoms with E-state index in [0.717, 1.165) is 10.8 Å². The maximum atomic E-state index is 12.6. The zero-order valence-electron chi connectivity index (χ0n) is 15.8. The number of aromatic nitrogens is 3. The smallest absolute Gasteiger partial charge is 0.347 e. The van der Waals surface area contributed by atoms with Crippen LogP contribution in [0.25, 0.3) is 33.3 Å². The zero-order valence-corrected chi connectivity index (χ0v) is 16.6. The molecular formula is C22H12N4O4S. The van der Waals surface area contributed by atoms with Crippen LogP contribution in [0, 0.1) is 0 Å². The Bertz CT molecular complexity index is 1650. The van der Waals surface area contributed by atoms with Crippen LogP contribution in [0.15, 0.2) is 89.3 Å². The number of hydrogen-bond acceptors (Lipinski definition) is 8. The van der Waals surface area contributed by atoms with Crippen molar-refractivity contribution >= 4 is 39.4 Å². The van der Waals surface area contributed by atoms with Crippen LogP contribution in [0.2, 0.25) is 0 Å². The molecule has 150 valence electrons. The molecule has 6 rings (SSSR count). The van der Waals surface area contributed by atoms with Gasteiger partial charge in [-0.2, -0.15) is 9.78 Å². The summed E-state index contributed by atoms with van der Waals surface area (Å²) in [6, 6.07) is 18.0. The Hall–Kier alpha value is -3.98. The fraction of sp³-hybridized carbons (Fsp3) is 0.0455. The number of hydrogen-bond donors (Lipinski definition) is 0. The van der Waals surface area contributed by atoms with Crippen molar-refractivity contribution in [1.29, 1.82) is 0 Å². The molecule has 1 aliphatic rings. The highest BCUT2D eigenvalue weighted by Gasteiger charge is 2.24. The van der Waals surface area contributed by atoms with Crippen molar-refractivity contribution in [2.24, 2.45) is 5.10 Å². The molecule has 0 bridgehead atoms. The van der Waals surface area contributed by atoms with E-state index in [1.807, 2.05) is 30.3 Å². The van der Waals surface area contributed by atoms with E-state index in [1.54, 1.807) is 30.3 Å². The molecule has 0 aliphatic carbocycles. The number of fused-ring (bicyclic) bond motifs is 3. The fourth-order valence-electron chi connectivity index (χ4n) is 3.51. The minimum atomic E-state index is -0.536. The second kappa shape index (κ2) is 6.78. The molecule has 3 aromatic heterocycles. The normalized spacial score (nSPS) is 13.4. The van der Waals surface area contributed by atoms with Gasteiger partial charge >= 0.3 is 11.3 Å². The molecule has 0 fully saturated rings. The molecule has 5 aromatic rings. The largest absolute Gasteiger partial charge is 0.422 e. The van der Waals surface area contributed by atoms with Crippen LogP contribution in [0.5, 0.6) is 0 Å². The number of thioether (sulfide) groups is 1. The van der Waals surface area contributed by atoms with Crippen LogP contribution >= 0.6 is 11.8 Å². The van der Waals surface area contributed by atoms with Gasteiger partial charge in [0.2, 0.25) is 5.16 Å². The third-order valence-corrected chi connectivity index (χ3v) is 5.94. The lowest BCUT2D eigenvalue weighted by Crippen LogP contribution is -2.21. The first kappa shape index (κ1) is 17.8. The predicted molar refractivity (Wildman–Crippen MR) is 117 cm³/mol. The highest BCUT2D eigenvalue weighted by Crippen LogP contribution is 2.28. The molecule has 9 heteroatoms. The highest BCUT2D eigenvalue weighted by atomic mass is 32.2. The maximum Gasteiger partial charge on any atom is 0.347 e. The lowest BCUT2D eigenvalue weighted by molar-refractivity contribution is 0.558. The highest BCUT2D eigenvalue weighted by molar-refractivity contribution is 7.99. The minimum absolute atomic E-state index is 0.244. The summed E-state index contributed by atoms with van der Waals surface area (Å²) >= 11 is 1.38. The van der Waals surface area contributed by atoms with Crippen LogP contribution in [0.1, 0.15) is 5.56 Å². The van der Waals surface area contributed by atoms with E-state index in [1.165, 1.54) is 16.4 Å². The van der Waals surface area contributed by atoms with Gasteiger partial charge in [0.1, 0.15) is 16.7 Å². The van der Waals surface area contributed by atoms with Crippen molar-refractivity contribution in [3.63, 3.8) is 0 Å². The summed E-state index contributed by atoms with van der Waals surface area (Å²) in [5.41, 5.74) is 1.12. The molecule has 0 amide bonds. The van der Waals surface area contributed by atoms with E-state index < -0.39 is 11.3 Å². The molecule has 0 saturated carbocycles. The van der Waals surface area contributed by atoms with Crippen LogP contribution in [-0.2, 0) is 0 Å². The van der Waals surface area contributed by atoms with Crippen LogP contribution in [0.3, 0.4) is 0 Å². The molecule has 0 spiro atoms. The third-order valence-electron chi connectivity index (χ3n) is 5.01. The summed E-state index contributed by atoms with van der Waals surface area (Å²) in [5, 5.41) is 15.0. The van der Waals surface area contributed by atoms with Crippen molar-refractivity contribution in [1.82, 2.24) is 14.9 Å². The molecule has 0 unspecified atom stereocenters. The Morgan fingerprint density at radius 1 is 0.806 bits per heavy atom. The van der Waals surface area contributed by atoms with Gasteiger partial charge in [-0.1, -0.05) is 48.2 Å². The molecule has 1 aliphatic heterocycles. The lowest BCUT2D eigenvalue weighted by Gasteiger charge is -2.13. The second-order valence-corrected chi connectivity index (χ2v) is 7.87. The van der Waals surface area contributed by atoms with E-state index in [2.05, 4.69) is 15.3 Å². The first-order valence-corrected chi connectivity index (χ1v) is 10.4. The SMILES string of the molecule is O=c1oc2ccccc2cc1C1=Nn2c(nnc2-c2cc3ccccc3oc2=O)SC1. The van der Waals surface area contributed by atoms with Gasteiger partial charge in [0, 0.05) is 16.5 Å². The Morgan fingerprint density at radius 3 is 2.13 bits per heavy atom. The monoisotopic (exact) mass is 428 g/mol.